The van der Waals surface area contributed by atoms with Crippen LogP contribution >= 0.6 is 0 Å². The number of carbonyl (C=O) groups is 2. The predicted octanol–water partition coefficient (Wildman–Crippen LogP) is 3.07. The monoisotopic (exact) mass is 465 g/mol. The molecule has 0 unspecified atom stereocenters. The van der Waals surface area contributed by atoms with Crippen molar-refractivity contribution in [1.82, 2.24) is 25.6 Å². The van der Waals surface area contributed by atoms with Crippen molar-refractivity contribution in [2.24, 2.45) is 5.92 Å². The number of aromatic nitrogens is 3. The Labute approximate surface area is 198 Å². The second-order valence-electron chi connectivity index (χ2n) is 8.45. The number of carbonyl (C=O) groups excluding carboxylic acids is 2. The van der Waals surface area contributed by atoms with Crippen molar-refractivity contribution in [3.05, 3.63) is 42.4 Å². The number of benzene rings is 1. The Bertz CT molecular complexity index is 1110. The summed E-state index contributed by atoms with van der Waals surface area (Å²) in [4.78, 5) is 34.2. The quantitative estimate of drug-likeness (QED) is 0.438. The van der Waals surface area contributed by atoms with Gasteiger partial charge in [0.15, 0.2) is 0 Å². The first-order valence-corrected chi connectivity index (χ1v) is 11.8. The molecule has 0 radical (unpaired) electrons. The highest BCUT2D eigenvalue weighted by molar-refractivity contribution is 6.07. The van der Waals surface area contributed by atoms with Gasteiger partial charge in [-0.15, -0.1) is 0 Å². The Balaban J connectivity index is 0.000000499. The third kappa shape index (κ3) is 5.91. The molecule has 34 heavy (non-hydrogen) atoms. The maximum absolute atomic E-state index is 12.9. The molecule has 3 aromatic rings. The molecule has 3 heterocycles. The lowest BCUT2D eigenvalue weighted by Gasteiger charge is -2.23. The molecular formula is C25H31N5O4. The number of piperidine rings is 1. The number of fused-ring (bicyclic) bond motifs is 1. The second-order valence-corrected chi connectivity index (χ2v) is 8.45. The molecule has 1 saturated carbocycles. The zero-order chi connectivity index (χ0) is 23.8. The van der Waals surface area contributed by atoms with Gasteiger partial charge in [0.2, 0.25) is 0 Å². The minimum absolute atomic E-state index is 0.0916. The highest BCUT2D eigenvalue weighted by Crippen LogP contribution is 2.35. The van der Waals surface area contributed by atoms with Crippen molar-refractivity contribution >= 4 is 23.4 Å². The van der Waals surface area contributed by atoms with E-state index in [9.17, 15) is 9.59 Å². The van der Waals surface area contributed by atoms with Crippen LogP contribution < -0.4 is 15.4 Å². The van der Waals surface area contributed by atoms with Crippen LogP contribution in [0.2, 0.25) is 0 Å². The molecule has 9 heteroatoms. The minimum Gasteiger partial charge on any atom is -0.493 e. The van der Waals surface area contributed by atoms with Crippen molar-refractivity contribution in [2.75, 3.05) is 26.3 Å². The van der Waals surface area contributed by atoms with Gasteiger partial charge in [0.1, 0.15) is 23.3 Å². The summed E-state index contributed by atoms with van der Waals surface area (Å²) in [5.41, 5.74) is 3.61. The number of hydrogen-bond acceptors (Lipinski definition) is 7. The first-order valence-electron chi connectivity index (χ1n) is 11.8. The molecule has 2 aromatic heterocycles. The molecule has 5 rings (SSSR count). The fourth-order valence-electron chi connectivity index (χ4n) is 3.89. The van der Waals surface area contributed by atoms with Gasteiger partial charge in [-0.25, -0.2) is 9.97 Å². The van der Waals surface area contributed by atoms with Crippen molar-refractivity contribution in [2.45, 2.75) is 38.6 Å². The SMILES string of the molecule is CCOC=O.O=C(NC1CCNCC1)c1c[nH]c2c(-c3ccccc3OCC3CC3)ncnc12. The molecule has 1 saturated heterocycles. The standard InChI is InChI=1S/C22H25N5O2.C3H6O2/c28-22(27-15-7-9-23-10-8-15)17-11-24-21-19(25-13-26-20(17)21)16-3-1-2-4-18(16)29-12-14-5-6-14;1-2-5-3-4/h1-4,11,13-15,23-24H,5-10,12H2,(H,27,28);3H,2H2,1H3. The largest absolute Gasteiger partial charge is 0.493 e. The van der Waals surface area contributed by atoms with Crippen molar-refractivity contribution in [3.63, 3.8) is 0 Å². The molecule has 9 nitrogen and oxygen atoms in total. The number of rotatable bonds is 8. The topological polar surface area (TPSA) is 118 Å². The third-order valence-corrected chi connectivity index (χ3v) is 5.93. The first-order chi connectivity index (χ1) is 16.7. The van der Waals surface area contributed by atoms with Crippen LogP contribution in [0.25, 0.3) is 22.3 Å². The van der Waals surface area contributed by atoms with Crippen LogP contribution in [0.5, 0.6) is 5.75 Å². The van der Waals surface area contributed by atoms with Crippen LogP contribution in [-0.4, -0.2) is 59.7 Å². The molecule has 180 valence electrons. The molecule has 3 N–H and O–H groups in total. The number of nitrogens with zero attached hydrogens (tertiary/aromatic N) is 2. The summed E-state index contributed by atoms with van der Waals surface area (Å²) in [5.74, 6) is 1.39. The fourth-order valence-corrected chi connectivity index (χ4v) is 3.89. The van der Waals surface area contributed by atoms with E-state index in [-0.39, 0.29) is 11.9 Å². The number of nitrogens with one attached hydrogen (secondary N) is 3. The van der Waals surface area contributed by atoms with Gasteiger partial charge in [0.25, 0.3) is 12.4 Å². The number of ether oxygens (including phenoxy) is 2. The second kappa shape index (κ2) is 11.6. The molecule has 0 spiro atoms. The van der Waals surface area contributed by atoms with Gasteiger partial charge < -0.3 is 25.1 Å². The summed E-state index contributed by atoms with van der Waals surface area (Å²) in [6, 6.07) is 8.11. The van der Waals surface area contributed by atoms with Gasteiger partial charge in [-0.1, -0.05) is 12.1 Å². The van der Waals surface area contributed by atoms with E-state index in [1.807, 2.05) is 24.3 Å². The summed E-state index contributed by atoms with van der Waals surface area (Å²) in [6.07, 6.45) is 7.62. The average Bonchev–Trinajstić information content (AvgIpc) is 3.60. The smallest absolute Gasteiger partial charge is 0.293 e. The maximum atomic E-state index is 12.9. The zero-order valence-electron chi connectivity index (χ0n) is 19.4. The van der Waals surface area contributed by atoms with Crippen molar-refractivity contribution < 1.29 is 19.1 Å². The summed E-state index contributed by atoms with van der Waals surface area (Å²) in [6.45, 7) is 5.27. The lowest BCUT2D eigenvalue weighted by Crippen LogP contribution is -2.42. The number of aromatic amines is 1. The number of hydrogen-bond donors (Lipinski definition) is 3. The van der Waals surface area contributed by atoms with E-state index >= 15 is 0 Å². The van der Waals surface area contributed by atoms with Gasteiger partial charge in [0.05, 0.1) is 24.3 Å². The van der Waals surface area contributed by atoms with Crippen LogP contribution in [-0.2, 0) is 9.53 Å². The van der Waals surface area contributed by atoms with Crippen molar-refractivity contribution in [3.8, 4) is 17.0 Å². The van der Waals surface area contributed by atoms with E-state index in [1.54, 1.807) is 13.1 Å². The van der Waals surface area contributed by atoms with E-state index in [4.69, 9.17) is 4.74 Å². The fraction of sp³-hybridized carbons (Fsp3) is 0.440. The van der Waals surface area contributed by atoms with Crippen LogP contribution in [0.3, 0.4) is 0 Å². The maximum Gasteiger partial charge on any atom is 0.293 e. The van der Waals surface area contributed by atoms with Crippen LogP contribution in [0.4, 0.5) is 0 Å². The van der Waals surface area contributed by atoms with E-state index in [0.29, 0.717) is 30.1 Å². The number of para-hydroxylation sites is 1. The van der Waals surface area contributed by atoms with E-state index < -0.39 is 0 Å². The van der Waals surface area contributed by atoms with Crippen molar-refractivity contribution in [1.29, 1.82) is 0 Å². The van der Waals surface area contributed by atoms with E-state index in [0.717, 1.165) is 55.1 Å². The Morgan fingerprint density at radius 3 is 2.68 bits per heavy atom. The predicted molar refractivity (Wildman–Crippen MR) is 129 cm³/mol. The van der Waals surface area contributed by atoms with Gasteiger partial charge in [0, 0.05) is 17.8 Å². The summed E-state index contributed by atoms with van der Waals surface area (Å²) >= 11 is 0. The Kier molecular flexibility index (Phi) is 8.08. The highest BCUT2D eigenvalue weighted by Gasteiger charge is 2.24. The third-order valence-electron chi connectivity index (χ3n) is 5.93. The molecule has 1 aliphatic carbocycles. The minimum atomic E-state index is -0.0916. The van der Waals surface area contributed by atoms with Gasteiger partial charge in [-0.3, -0.25) is 9.59 Å². The Hall–Kier alpha value is -3.46. The molecule has 1 aromatic carbocycles. The lowest BCUT2D eigenvalue weighted by molar-refractivity contribution is -0.128. The molecule has 2 aliphatic rings. The van der Waals surface area contributed by atoms with Gasteiger partial charge in [-0.05, 0) is 63.7 Å². The lowest BCUT2D eigenvalue weighted by atomic mass is 10.1. The molecule has 2 fully saturated rings. The van der Waals surface area contributed by atoms with Crippen LogP contribution in [0, 0.1) is 5.92 Å². The molecule has 0 atom stereocenters. The molecular weight excluding hydrogens is 434 g/mol. The molecule has 1 amide bonds. The van der Waals surface area contributed by atoms with Gasteiger partial charge in [-0.2, -0.15) is 0 Å². The summed E-state index contributed by atoms with van der Waals surface area (Å²) < 4.78 is 10.2. The molecule has 1 aliphatic heterocycles. The summed E-state index contributed by atoms with van der Waals surface area (Å²) in [5, 5.41) is 6.45. The Morgan fingerprint density at radius 2 is 1.97 bits per heavy atom. The molecule has 0 bridgehead atoms. The zero-order valence-corrected chi connectivity index (χ0v) is 19.4. The van der Waals surface area contributed by atoms with Crippen LogP contribution in [0.15, 0.2) is 36.8 Å². The first kappa shape index (κ1) is 23.7. The highest BCUT2D eigenvalue weighted by atomic mass is 16.5. The number of amides is 1. The normalized spacial score (nSPS) is 15.8. The number of H-pyrrole nitrogens is 1. The van der Waals surface area contributed by atoms with Crippen LogP contribution in [0.1, 0.15) is 43.0 Å². The summed E-state index contributed by atoms with van der Waals surface area (Å²) in [7, 11) is 0. The van der Waals surface area contributed by atoms with Gasteiger partial charge >= 0.3 is 0 Å². The average molecular weight is 466 g/mol. The van der Waals surface area contributed by atoms with E-state index in [2.05, 4.69) is 30.3 Å². The van der Waals surface area contributed by atoms with E-state index in [1.165, 1.54) is 19.2 Å². The Morgan fingerprint density at radius 1 is 1.18 bits per heavy atom.